The molecule has 0 aliphatic rings. The SMILES string of the molecule is Cc1cc(CS(=O)(=O)Nc2ccc(O)cc2F)no1. The molecule has 0 amide bonds. The first-order valence-corrected chi connectivity index (χ1v) is 6.92. The van der Waals surface area contributed by atoms with Gasteiger partial charge in [0, 0.05) is 12.1 Å². The summed E-state index contributed by atoms with van der Waals surface area (Å²) < 4.78 is 43.8. The van der Waals surface area contributed by atoms with Crippen LogP contribution < -0.4 is 4.72 Å². The summed E-state index contributed by atoms with van der Waals surface area (Å²) in [5.74, 6) is -1.08. The highest BCUT2D eigenvalue weighted by Crippen LogP contribution is 2.21. The number of hydrogen-bond donors (Lipinski definition) is 2. The van der Waals surface area contributed by atoms with Crippen molar-refractivity contribution in [2.24, 2.45) is 0 Å². The Hall–Kier alpha value is -2.09. The van der Waals surface area contributed by atoms with E-state index in [1.165, 1.54) is 12.1 Å². The molecule has 0 aliphatic carbocycles. The number of aromatic nitrogens is 1. The average Bonchev–Trinajstić information content (AvgIpc) is 2.67. The normalized spacial score (nSPS) is 11.5. The summed E-state index contributed by atoms with van der Waals surface area (Å²) in [6.07, 6.45) is 0. The molecule has 2 rings (SSSR count). The Balaban J connectivity index is 2.17. The van der Waals surface area contributed by atoms with E-state index < -0.39 is 21.6 Å². The van der Waals surface area contributed by atoms with E-state index in [-0.39, 0.29) is 17.1 Å². The molecule has 0 radical (unpaired) electrons. The van der Waals surface area contributed by atoms with Crippen molar-refractivity contribution in [3.63, 3.8) is 0 Å². The number of aryl methyl sites for hydroxylation is 1. The molecule has 2 aromatic rings. The summed E-state index contributed by atoms with van der Waals surface area (Å²) >= 11 is 0. The summed E-state index contributed by atoms with van der Waals surface area (Å²) in [5.41, 5.74) is -0.0118. The summed E-state index contributed by atoms with van der Waals surface area (Å²) in [4.78, 5) is 0. The number of halogens is 1. The lowest BCUT2D eigenvalue weighted by Gasteiger charge is -2.07. The van der Waals surface area contributed by atoms with E-state index in [9.17, 15) is 12.8 Å². The fraction of sp³-hybridized carbons (Fsp3) is 0.182. The van der Waals surface area contributed by atoms with Crippen LogP contribution in [0.1, 0.15) is 11.5 Å². The van der Waals surface area contributed by atoms with Crippen LogP contribution in [0.2, 0.25) is 0 Å². The largest absolute Gasteiger partial charge is 0.508 e. The summed E-state index contributed by atoms with van der Waals surface area (Å²) in [5, 5.41) is 12.6. The molecule has 1 heterocycles. The van der Waals surface area contributed by atoms with E-state index >= 15 is 0 Å². The van der Waals surface area contributed by atoms with Crippen molar-refractivity contribution >= 4 is 15.7 Å². The van der Waals surface area contributed by atoms with E-state index in [0.29, 0.717) is 5.76 Å². The van der Waals surface area contributed by atoms with Gasteiger partial charge in [0.2, 0.25) is 10.0 Å². The number of rotatable bonds is 4. The minimum atomic E-state index is -3.80. The standard InChI is InChI=1S/C11H11FN2O4S/c1-7-4-8(13-18-7)6-19(16,17)14-11-3-2-9(15)5-10(11)12/h2-5,14-15H,6H2,1H3. The van der Waals surface area contributed by atoms with Crippen molar-refractivity contribution in [3.05, 3.63) is 41.5 Å². The van der Waals surface area contributed by atoms with Gasteiger partial charge in [-0.1, -0.05) is 5.16 Å². The first-order chi connectivity index (χ1) is 8.85. The molecule has 1 aromatic heterocycles. The molecule has 6 nitrogen and oxygen atoms in total. The van der Waals surface area contributed by atoms with Crippen LogP contribution in [0.4, 0.5) is 10.1 Å². The van der Waals surface area contributed by atoms with Crippen molar-refractivity contribution in [3.8, 4) is 5.75 Å². The molecule has 1 aromatic carbocycles. The maximum atomic E-state index is 13.4. The fourth-order valence-electron chi connectivity index (χ4n) is 1.47. The quantitative estimate of drug-likeness (QED) is 0.836. The highest BCUT2D eigenvalue weighted by Gasteiger charge is 2.16. The van der Waals surface area contributed by atoms with Crippen LogP contribution in [0.25, 0.3) is 0 Å². The highest BCUT2D eigenvalue weighted by molar-refractivity contribution is 7.91. The monoisotopic (exact) mass is 286 g/mol. The summed E-state index contributed by atoms with van der Waals surface area (Å²) in [7, 11) is -3.80. The van der Waals surface area contributed by atoms with E-state index in [1.807, 2.05) is 0 Å². The van der Waals surface area contributed by atoms with Gasteiger partial charge in [0.1, 0.15) is 23.0 Å². The third-order valence-corrected chi connectivity index (χ3v) is 3.44. The lowest BCUT2D eigenvalue weighted by atomic mass is 10.3. The maximum Gasteiger partial charge on any atom is 0.238 e. The Morgan fingerprint density at radius 1 is 1.42 bits per heavy atom. The second kappa shape index (κ2) is 4.88. The number of aromatic hydroxyl groups is 1. The molecule has 0 atom stereocenters. The number of nitrogens with one attached hydrogen (secondary N) is 1. The number of sulfonamides is 1. The lowest BCUT2D eigenvalue weighted by Crippen LogP contribution is -2.16. The Kier molecular flexibility index (Phi) is 3.43. The van der Waals surface area contributed by atoms with E-state index in [0.717, 1.165) is 12.1 Å². The minimum absolute atomic E-state index is 0.226. The van der Waals surface area contributed by atoms with Crippen molar-refractivity contribution in [1.29, 1.82) is 0 Å². The van der Waals surface area contributed by atoms with E-state index in [2.05, 4.69) is 9.88 Å². The average molecular weight is 286 g/mol. The van der Waals surface area contributed by atoms with Crippen LogP contribution in [-0.2, 0) is 15.8 Å². The van der Waals surface area contributed by atoms with Crippen LogP contribution in [0, 0.1) is 12.7 Å². The Morgan fingerprint density at radius 2 is 2.16 bits per heavy atom. The van der Waals surface area contributed by atoms with Gasteiger partial charge in [0.15, 0.2) is 5.82 Å². The second-order valence-electron chi connectivity index (χ2n) is 3.95. The number of nitrogens with zero attached hydrogens (tertiary/aromatic N) is 1. The number of benzene rings is 1. The first-order valence-electron chi connectivity index (χ1n) is 5.27. The molecule has 0 spiro atoms. The Labute approximate surface area is 108 Å². The topological polar surface area (TPSA) is 92.4 Å². The molecule has 0 saturated carbocycles. The molecule has 19 heavy (non-hydrogen) atoms. The molecule has 0 fully saturated rings. The number of hydrogen-bond acceptors (Lipinski definition) is 5. The zero-order valence-electron chi connectivity index (χ0n) is 9.92. The van der Waals surface area contributed by atoms with Crippen molar-refractivity contribution in [1.82, 2.24) is 5.16 Å². The smallest absolute Gasteiger partial charge is 0.238 e. The molecule has 8 heteroatoms. The second-order valence-corrected chi connectivity index (χ2v) is 5.68. The minimum Gasteiger partial charge on any atom is -0.508 e. The van der Waals surface area contributed by atoms with Crippen LogP contribution in [0.15, 0.2) is 28.8 Å². The molecular weight excluding hydrogens is 275 g/mol. The van der Waals surface area contributed by atoms with Crippen LogP contribution in [0.5, 0.6) is 5.75 Å². The third kappa shape index (κ3) is 3.44. The van der Waals surface area contributed by atoms with Crippen molar-refractivity contribution in [2.45, 2.75) is 12.7 Å². The first kappa shape index (κ1) is 13.3. The third-order valence-electron chi connectivity index (χ3n) is 2.23. The summed E-state index contributed by atoms with van der Waals surface area (Å²) in [6.45, 7) is 1.64. The van der Waals surface area contributed by atoms with Gasteiger partial charge in [-0.15, -0.1) is 0 Å². The lowest BCUT2D eigenvalue weighted by molar-refractivity contribution is 0.392. The van der Waals surface area contributed by atoms with Gasteiger partial charge in [0.05, 0.1) is 5.69 Å². The summed E-state index contributed by atoms with van der Waals surface area (Å²) in [6, 6.07) is 4.61. The van der Waals surface area contributed by atoms with Gasteiger partial charge in [0.25, 0.3) is 0 Å². The molecule has 0 unspecified atom stereocenters. The number of anilines is 1. The number of phenolic OH excluding ortho intramolecular Hbond substituents is 1. The molecule has 0 bridgehead atoms. The van der Waals surface area contributed by atoms with Crippen LogP contribution >= 0.6 is 0 Å². The van der Waals surface area contributed by atoms with Crippen LogP contribution in [0.3, 0.4) is 0 Å². The molecule has 102 valence electrons. The van der Waals surface area contributed by atoms with Crippen molar-refractivity contribution < 1.29 is 22.4 Å². The van der Waals surface area contributed by atoms with Crippen LogP contribution in [-0.4, -0.2) is 18.7 Å². The zero-order valence-corrected chi connectivity index (χ0v) is 10.7. The molecule has 2 N–H and O–H groups in total. The van der Waals surface area contributed by atoms with Gasteiger partial charge in [-0.3, -0.25) is 4.72 Å². The predicted molar refractivity (Wildman–Crippen MR) is 65.6 cm³/mol. The number of phenols is 1. The Bertz CT molecular complexity index is 696. The Morgan fingerprint density at radius 3 is 2.74 bits per heavy atom. The molecule has 0 saturated heterocycles. The van der Waals surface area contributed by atoms with Crippen molar-refractivity contribution in [2.75, 3.05) is 4.72 Å². The van der Waals surface area contributed by atoms with E-state index in [4.69, 9.17) is 9.63 Å². The maximum absolute atomic E-state index is 13.4. The highest BCUT2D eigenvalue weighted by atomic mass is 32.2. The van der Waals surface area contributed by atoms with Gasteiger partial charge in [-0.25, -0.2) is 12.8 Å². The van der Waals surface area contributed by atoms with E-state index in [1.54, 1.807) is 6.92 Å². The molecular formula is C11H11FN2O4S. The van der Waals surface area contributed by atoms with Gasteiger partial charge in [-0.2, -0.15) is 0 Å². The van der Waals surface area contributed by atoms with Gasteiger partial charge >= 0.3 is 0 Å². The zero-order chi connectivity index (χ0) is 14.0. The molecule has 0 aliphatic heterocycles. The van der Waals surface area contributed by atoms with Gasteiger partial charge < -0.3 is 9.63 Å². The van der Waals surface area contributed by atoms with Gasteiger partial charge in [-0.05, 0) is 19.1 Å². The fourth-order valence-corrected chi connectivity index (χ4v) is 2.57. The predicted octanol–water partition coefficient (Wildman–Crippen LogP) is 1.77.